The van der Waals surface area contributed by atoms with E-state index in [1.807, 2.05) is 19.1 Å². The van der Waals surface area contributed by atoms with Gasteiger partial charge in [-0.2, -0.15) is 0 Å². The van der Waals surface area contributed by atoms with Crippen LogP contribution in [0.2, 0.25) is 5.02 Å². The average molecular weight is 278 g/mol. The fourth-order valence-corrected chi connectivity index (χ4v) is 1.71. The fourth-order valence-electron chi connectivity index (χ4n) is 1.11. The zero-order valence-electron chi connectivity index (χ0n) is 7.93. The van der Waals surface area contributed by atoms with Crippen LogP contribution in [-0.4, -0.2) is 13.1 Å². The van der Waals surface area contributed by atoms with E-state index < -0.39 is 0 Å². The number of hydrogen-bond donors (Lipinski definition) is 0. The number of carbonyl (C=O) groups excluding carboxylic acids is 1. The van der Waals surface area contributed by atoms with Gasteiger partial charge >= 0.3 is 5.97 Å². The van der Waals surface area contributed by atoms with Crippen molar-refractivity contribution in [1.82, 2.24) is 0 Å². The summed E-state index contributed by atoms with van der Waals surface area (Å²) in [5, 5.41) is 0.649. The van der Waals surface area contributed by atoms with Gasteiger partial charge in [-0.05, 0) is 46.1 Å². The monoisotopic (exact) mass is 276 g/mol. The van der Waals surface area contributed by atoms with Gasteiger partial charge in [-0.25, -0.2) is 0 Å². The number of esters is 1. The molecule has 0 unspecified atom stereocenters. The summed E-state index contributed by atoms with van der Waals surface area (Å²) in [5.41, 5.74) is 1.91. The Balaban J connectivity index is 2.98. The third kappa shape index (κ3) is 2.72. The summed E-state index contributed by atoms with van der Waals surface area (Å²) >= 11 is 9.20. The van der Waals surface area contributed by atoms with E-state index in [2.05, 4.69) is 20.7 Å². The normalized spacial score (nSPS) is 10.0. The average Bonchev–Trinajstić information content (AvgIpc) is 2.14. The Kier molecular flexibility index (Phi) is 3.96. The van der Waals surface area contributed by atoms with E-state index >= 15 is 0 Å². The summed E-state index contributed by atoms with van der Waals surface area (Å²) in [7, 11) is 1.38. The molecule has 0 fully saturated rings. The molecule has 0 aliphatic carbocycles. The van der Waals surface area contributed by atoms with Crippen LogP contribution >= 0.6 is 27.5 Å². The van der Waals surface area contributed by atoms with Gasteiger partial charge in [0.15, 0.2) is 0 Å². The van der Waals surface area contributed by atoms with Crippen LogP contribution in [0.5, 0.6) is 0 Å². The SMILES string of the molecule is COC(=O)Cc1cc(Br)c(Cl)cc1C. The molecule has 0 amide bonds. The fraction of sp³-hybridized carbons (Fsp3) is 0.300. The molecular weight excluding hydrogens is 267 g/mol. The van der Waals surface area contributed by atoms with Gasteiger partial charge in [0.1, 0.15) is 0 Å². The molecule has 1 rings (SSSR count). The van der Waals surface area contributed by atoms with Crippen LogP contribution in [0.15, 0.2) is 16.6 Å². The van der Waals surface area contributed by atoms with Crippen LogP contribution in [0.1, 0.15) is 11.1 Å². The highest BCUT2D eigenvalue weighted by Crippen LogP contribution is 2.26. The molecule has 76 valence electrons. The molecule has 0 aliphatic heterocycles. The highest BCUT2D eigenvalue weighted by Gasteiger charge is 2.08. The minimum absolute atomic E-state index is 0.248. The van der Waals surface area contributed by atoms with Gasteiger partial charge in [0.25, 0.3) is 0 Å². The molecule has 0 saturated heterocycles. The van der Waals surface area contributed by atoms with Crippen molar-refractivity contribution in [2.24, 2.45) is 0 Å². The maximum atomic E-state index is 11.1. The minimum Gasteiger partial charge on any atom is -0.469 e. The zero-order valence-corrected chi connectivity index (χ0v) is 10.3. The molecule has 0 atom stereocenters. The van der Waals surface area contributed by atoms with Crippen molar-refractivity contribution >= 4 is 33.5 Å². The lowest BCUT2D eigenvalue weighted by Gasteiger charge is -2.06. The van der Waals surface area contributed by atoms with Gasteiger partial charge in [-0.1, -0.05) is 11.6 Å². The van der Waals surface area contributed by atoms with Crippen molar-refractivity contribution in [3.05, 3.63) is 32.8 Å². The van der Waals surface area contributed by atoms with Crippen molar-refractivity contribution in [2.75, 3.05) is 7.11 Å². The topological polar surface area (TPSA) is 26.3 Å². The maximum Gasteiger partial charge on any atom is 0.309 e. The van der Waals surface area contributed by atoms with Crippen LogP contribution in [0.4, 0.5) is 0 Å². The second-order valence-electron chi connectivity index (χ2n) is 2.95. The van der Waals surface area contributed by atoms with Crippen molar-refractivity contribution in [3.8, 4) is 0 Å². The number of benzene rings is 1. The molecule has 1 aromatic carbocycles. The van der Waals surface area contributed by atoms with Crippen LogP contribution in [0.3, 0.4) is 0 Å². The molecule has 0 heterocycles. The summed E-state index contributed by atoms with van der Waals surface area (Å²) in [5.74, 6) is -0.248. The molecule has 2 nitrogen and oxygen atoms in total. The van der Waals surface area contributed by atoms with E-state index in [0.29, 0.717) is 5.02 Å². The summed E-state index contributed by atoms with van der Waals surface area (Å²) in [6.45, 7) is 1.91. The van der Waals surface area contributed by atoms with Crippen molar-refractivity contribution in [3.63, 3.8) is 0 Å². The Bertz CT molecular complexity index is 363. The third-order valence-electron chi connectivity index (χ3n) is 1.94. The molecule has 0 radical (unpaired) electrons. The second-order valence-corrected chi connectivity index (χ2v) is 4.21. The number of rotatable bonds is 2. The molecule has 0 aliphatic rings. The molecule has 0 saturated carbocycles. The quantitative estimate of drug-likeness (QED) is 0.776. The number of aryl methyl sites for hydroxylation is 1. The lowest BCUT2D eigenvalue weighted by Crippen LogP contribution is -2.05. The first-order valence-corrected chi connectivity index (χ1v) is 5.23. The molecule has 0 N–H and O–H groups in total. The van der Waals surface area contributed by atoms with Gasteiger partial charge in [0.2, 0.25) is 0 Å². The van der Waals surface area contributed by atoms with Gasteiger partial charge in [0, 0.05) is 4.47 Å². The lowest BCUT2D eigenvalue weighted by molar-refractivity contribution is -0.139. The first-order chi connectivity index (χ1) is 6.54. The minimum atomic E-state index is -0.248. The van der Waals surface area contributed by atoms with E-state index in [9.17, 15) is 4.79 Å². The van der Waals surface area contributed by atoms with Crippen molar-refractivity contribution in [1.29, 1.82) is 0 Å². The molecule has 0 aromatic heterocycles. The van der Waals surface area contributed by atoms with Crippen molar-refractivity contribution < 1.29 is 9.53 Å². The Labute approximate surface area is 96.3 Å². The molecule has 14 heavy (non-hydrogen) atoms. The summed E-state index contributed by atoms with van der Waals surface area (Å²) < 4.78 is 5.39. The highest BCUT2D eigenvalue weighted by molar-refractivity contribution is 9.10. The number of methoxy groups -OCH3 is 1. The van der Waals surface area contributed by atoms with Crippen molar-refractivity contribution in [2.45, 2.75) is 13.3 Å². The Morgan fingerprint density at radius 3 is 2.79 bits per heavy atom. The molecule has 1 aromatic rings. The van der Waals surface area contributed by atoms with Crippen LogP contribution < -0.4 is 0 Å². The number of carbonyl (C=O) groups is 1. The molecular formula is C10H10BrClO2. The van der Waals surface area contributed by atoms with E-state index in [4.69, 9.17) is 11.6 Å². The number of halogens is 2. The summed E-state index contributed by atoms with van der Waals surface area (Å²) in [6, 6.07) is 3.67. The zero-order chi connectivity index (χ0) is 10.7. The standard InChI is InChI=1S/C10H10BrClO2/c1-6-3-9(12)8(11)4-7(6)5-10(13)14-2/h3-4H,5H2,1-2H3. The summed E-state index contributed by atoms with van der Waals surface area (Å²) in [4.78, 5) is 11.1. The predicted molar refractivity (Wildman–Crippen MR) is 59.6 cm³/mol. The largest absolute Gasteiger partial charge is 0.469 e. The van der Waals surface area contributed by atoms with Crippen LogP contribution in [0.25, 0.3) is 0 Å². The molecule has 4 heteroatoms. The van der Waals surface area contributed by atoms with Gasteiger partial charge < -0.3 is 4.74 Å². The highest BCUT2D eigenvalue weighted by atomic mass is 79.9. The van der Waals surface area contributed by atoms with E-state index in [-0.39, 0.29) is 12.4 Å². The first kappa shape index (κ1) is 11.5. The van der Waals surface area contributed by atoms with Crippen LogP contribution in [-0.2, 0) is 16.0 Å². The Morgan fingerprint density at radius 1 is 1.57 bits per heavy atom. The first-order valence-electron chi connectivity index (χ1n) is 4.06. The molecule has 0 spiro atoms. The van der Waals surface area contributed by atoms with Gasteiger partial charge in [-0.3, -0.25) is 4.79 Å². The predicted octanol–water partition coefficient (Wildman–Crippen LogP) is 3.13. The van der Waals surface area contributed by atoms with E-state index in [1.54, 1.807) is 0 Å². The lowest BCUT2D eigenvalue weighted by atomic mass is 10.1. The van der Waals surface area contributed by atoms with E-state index in [1.165, 1.54) is 7.11 Å². The number of ether oxygens (including phenoxy) is 1. The van der Waals surface area contributed by atoms with E-state index in [0.717, 1.165) is 15.6 Å². The third-order valence-corrected chi connectivity index (χ3v) is 3.14. The summed E-state index contributed by atoms with van der Waals surface area (Å²) in [6.07, 6.45) is 0.276. The van der Waals surface area contributed by atoms with Gasteiger partial charge in [0.05, 0.1) is 18.6 Å². The van der Waals surface area contributed by atoms with Crippen LogP contribution in [0, 0.1) is 6.92 Å². The van der Waals surface area contributed by atoms with Gasteiger partial charge in [-0.15, -0.1) is 0 Å². The molecule has 0 bridgehead atoms. The maximum absolute atomic E-state index is 11.1. The second kappa shape index (κ2) is 4.80. The smallest absolute Gasteiger partial charge is 0.309 e. The Morgan fingerprint density at radius 2 is 2.21 bits per heavy atom. The number of hydrogen-bond acceptors (Lipinski definition) is 2. The Hall–Kier alpha value is -0.540.